The Bertz CT molecular complexity index is 917. The van der Waals surface area contributed by atoms with Crippen molar-refractivity contribution in [1.29, 1.82) is 0 Å². The van der Waals surface area contributed by atoms with Crippen LogP contribution in [0.25, 0.3) is 11.3 Å². The molecule has 2 atom stereocenters. The number of nitrogens with one attached hydrogen (secondary N) is 1. The number of alkyl carbamates (subject to hydrolysis) is 1. The number of cyclic esters (lactones) is 1. The number of amides is 1. The Morgan fingerprint density at radius 1 is 1.04 bits per heavy atom. The van der Waals surface area contributed by atoms with Crippen LogP contribution in [-0.4, -0.2) is 16.1 Å². The summed E-state index contributed by atoms with van der Waals surface area (Å²) in [6.45, 7) is 0. The number of rotatable bonds is 3. The monoisotopic (exact) mass is 335 g/mol. The van der Waals surface area contributed by atoms with Gasteiger partial charge in [-0.2, -0.15) is 0 Å². The Balaban J connectivity index is 1.71. The summed E-state index contributed by atoms with van der Waals surface area (Å²) in [6.07, 6.45) is 0.375. The maximum Gasteiger partial charge on any atom is 0.408 e. The molecule has 1 aliphatic rings. The molecule has 1 aromatic heterocycles. The molecule has 1 fully saturated rings. The van der Waals surface area contributed by atoms with Crippen molar-refractivity contribution in [3.05, 3.63) is 84.1 Å². The smallest absolute Gasteiger partial charge is 0.408 e. The third kappa shape index (κ3) is 3.06. The van der Waals surface area contributed by atoms with E-state index in [2.05, 4.69) is 15.3 Å². The molecule has 0 spiro atoms. The van der Waals surface area contributed by atoms with Gasteiger partial charge in [0.2, 0.25) is 0 Å². The fraction of sp³-hybridized carbons (Fsp3) is 0.105. The Labute approximate surface area is 143 Å². The van der Waals surface area contributed by atoms with Crippen LogP contribution in [0, 0.1) is 5.82 Å². The molecule has 0 bridgehead atoms. The van der Waals surface area contributed by atoms with Crippen molar-refractivity contribution in [2.75, 3.05) is 0 Å². The number of ether oxygens (including phenoxy) is 1. The Morgan fingerprint density at radius 3 is 2.68 bits per heavy atom. The first-order chi connectivity index (χ1) is 12.2. The van der Waals surface area contributed by atoms with Crippen molar-refractivity contribution in [3.8, 4) is 11.3 Å². The molecular weight excluding hydrogens is 321 g/mol. The first-order valence-electron chi connectivity index (χ1n) is 7.82. The summed E-state index contributed by atoms with van der Waals surface area (Å²) in [5, 5.41) is 2.71. The van der Waals surface area contributed by atoms with Gasteiger partial charge in [0.1, 0.15) is 11.9 Å². The molecule has 2 heterocycles. The molecule has 124 valence electrons. The molecule has 1 N–H and O–H groups in total. The van der Waals surface area contributed by atoms with Gasteiger partial charge < -0.3 is 10.1 Å². The largest absolute Gasteiger partial charge is 0.439 e. The van der Waals surface area contributed by atoms with Crippen molar-refractivity contribution in [3.63, 3.8) is 0 Å². The van der Waals surface area contributed by atoms with Crippen molar-refractivity contribution < 1.29 is 13.9 Å². The summed E-state index contributed by atoms with van der Waals surface area (Å²) in [5.41, 5.74) is 2.24. The maximum atomic E-state index is 13.5. The molecule has 0 aliphatic carbocycles. The lowest BCUT2D eigenvalue weighted by Crippen LogP contribution is -2.22. The Hall–Kier alpha value is -3.28. The van der Waals surface area contributed by atoms with E-state index in [0.717, 1.165) is 11.3 Å². The number of carbonyl (C=O) groups excluding carboxylic acids is 1. The molecular formula is C19H14FN3O2. The fourth-order valence-corrected chi connectivity index (χ4v) is 2.86. The van der Waals surface area contributed by atoms with Gasteiger partial charge in [0.15, 0.2) is 11.9 Å². The second kappa shape index (κ2) is 6.32. The molecule has 5 nitrogen and oxygen atoms in total. The number of benzene rings is 2. The average molecular weight is 335 g/mol. The van der Waals surface area contributed by atoms with E-state index in [-0.39, 0.29) is 0 Å². The highest BCUT2D eigenvalue weighted by molar-refractivity contribution is 5.71. The zero-order valence-electron chi connectivity index (χ0n) is 13.1. The quantitative estimate of drug-likeness (QED) is 0.790. The zero-order valence-corrected chi connectivity index (χ0v) is 13.1. The predicted octanol–water partition coefficient (Wildman–Crippen LogP) is 3.80. The lowest BCUT2D eigenvalue weighted by molar-refractivity contribution is 0.131. The van der Waals surface area contributed by atoms with E-state index in [1.165, 1.54) is 12.1 Å². The van der Waals surface area contributed by atoms with Gasteiger partial charge >= 0.3 is 6.09 Å². The van der Waals surface area contributed by atoms with Crippen LogP contribution in [0.3, 0.4) is 0 Å². The summed E-state index contributed by atoms with van der Waals surface area (Å²) < 4.78 is 18.9. The van der Waals surface area contributed by atoms with Crippen LogP contribution in [0.2, 0.25) is 0 Å². The Morgan fingerprint density at radius 2 is 1.88 bits per heavy atom. The first-order valence-corrected chi connectivity index (χ1v) is 7.82. The van der Waals surface area contributed by atoms with E-state index in [4.69, 9.17) is 4.74 Å². The van der Waals surface area contributed by atoms with Gasteiger partial charge in [-0.3, -0.25) is 0 Å². The van der Waals surface area contributed by atoms with Gasteiger partial charge in [-0.25, -0.2) is 19.2 Å². The van der Waals surface area contributed by atoms with E-state index in [9.17, 15) is 9.18 Å². The summed E-state index contributed by atoms with van der Waals surface area (Å²) in [4.78, 5) is 20.6. The lowest BCUT2D eigenvalue weighted by atomic mass is 10.0. The van der Waals surface area contributed by atoms with Crippen molar-refractivity contribution in [1.82, 2.24) is 15.3 Å². The summed E-state index contributed by atoms with van der Waals surface area (Å²) in [7, 11) is 0. The van der Waals surface area contributed by atoms with Crippen LogP contribution in [0.1, 0.15) is 23.5 Å². The number of hydrogen-bond donors (Lipinski definition) is 1. The molecule has 3 aromatic rings. The minimum atomic E-state index is -0.686. The summed E-state index contributed by atoms with van der Waals surface area (Å²) in [5.74, 6) is 0.0274. The maximum absolute atomic E-state index is 13.5. The number of carbonyl (C=O) groups is 1. The van der Waals surface area contributed by atoms with Crippen LogP contribution < -0.4 is 5.32 Å². The average Bonchev–Trinajstić information content (AvgIpc) is 3.04. The van der Waals surface area contributed by atoms with Gasteiger partial charge in [0.05, 0.1) is 5.69 Å². The molecule has 6 heteroatoms. The molecule has 0 saturated carbocycles. The van der Waals surface area contributed by atoms with Gasteiger partial charge in [-0.1, -0.05) is 42.5 Å². The van der Waals surface area contributed by atoms with Crippen LogP contribution in [-0.2, 0) is 4.74 Å². The van der Waals surface area contributed by atoms with Crippen LogP contribution in [0.15, 0.2) is 66.9 Å². The molecule has 4 rings (SSSR count). The minimum Gasteiger partial charge on any atom is -0.439 e. The number of aromatic nitrogens is 2. The molecule has 1 aliphatic heterocycles. The molecule has 0 radical (unpaired) electrons. The standard InChI is InChI=1S/C19H14FN3O2/c20-14-8-4-7-13(11-14)17-16(23-19(24)25-17)18-21-10-9-15(22-18)12-5-2-1-3-6-12/h1-11,16-17H,(H,23,24)/t16-,17+/m0/s1. The summed E-state index contributed by atoms with van der Waals surface area (Å²) in [6, 6.07) is 16.9. The van der Waals surface area contributed by atoms with Gasteiger partial charge in [-0.15, -0.1) is 0 Å². The number of halogens is 1. The van der Waals surface area contributed by atoms with E-state index >= 15 is 0 Å². The van der Waals surface area contributed by atoms with E-state index in [0.29, 0.717) is 11.4 Å². The van der Waals surface area contributed by atoms with Crippen LogP contribution in [0.4, 0.5) is 9.18 Å². The van der Waals surface area contributed by atoms with E-state index in [1.807, 2.05) is 30.3 Å². The van der Waals surface area contributed by atoms with Crippen molar-refractivity contribution >= 4 is 6.09 Å². The topological polar surface area (TPSA) is 64.1 Å². The van der Waals surface area contributed by atoms with Crippen LogP contribution >= 0.6 is 0 Å². The summed E-state index contributed by atoms with van der Waals surface area (Å²) >= 11 is 0. The molecule has 2 aromatic carbocycles. The zero-order chi connectivity index (χ0) is 17.2. The predicted molar refractivity (Wildman–Crippen MR) is 89.0 cm³/mol. The van der Waals surface area contributed by atoms with Crippen molar-refractivity contribution in [2.45, 2.75) is 12.1 Å². The highest BCUT2D eigenvalue weighted by Crippen LogP contribution is 2.35. The van der Waals surface area contributed by atoms with Crippen LogP contribution in [0.5, 0.6) is 0 Å². The van der Waals surface area contributed by atoms with Gasteiger partial charge in [0, 0.05) is 11.8 Å². The van der Waals surface area contributed by atoms with Crippen molar-refractivity contribution in [2.24, 2.45) is 0 Å². The van der Waals surface area contributed by atoms with Gasteiger partial charge in [-0.05, 0) is 23.8 Å². The van der Waals surface area contributed by atoms with E-state index < -0.39 is 24.1 Å². The minimum absolute atomic E-state index is 0.391. The highest BCUT2D eigenvalue weighted by atomic mass is 19.1. The van der Waals surface area contributed by atoms with Gasteiger partial charge in [0.25, 0.3) is 0 Å². The third-order valence-electron chi connectivity index (χ3n) is 4.01. The SMILES string of the molecule is O=C1N[C@H](c2nccc(-c3ccccc3)n2)[C@@H](c2cccc(F)c2)O1. The normalized spacial score (nSPS) is 19.3. The number of nitrogens with zero attached hydrogens (tertiary/aromatic N) is 2. The highest BCUT2D eigenvalue weighted by Gasteiger charge is 2.38. The van der Waals surface area contributed by atoms with E-state index in [1.54, 1.807) is 24.4 Å². The Kier molecular flexibility index (Phi) is 3.85. The molecule has 25 heavy (non-hydrogen) atoms. The first kappa shape index (κ1) is 15.3. The molecule has 1 amide bonds. The second-order valence-electron chi connectivity index (χ2n) is 5.67. The second-order valence-corrected chi connectivity index (χ2v) is 5.67. The molecule has 1 saturated heterocycles. The molecule has 0 unspecified atom stereocenters. The fourth-order valence-electron chi connectivity index (χ4n) is 2.86. The third-order valence-corrected chi connectivity index (χ3v) is 4.01. The lowest BCUT2D eigenvalue weighted by Gasteiger charge is -2.16. The number of hydrogen-bond acceptors (Lipinski definition) is 4.